The molecule has 20 heavy (non-hydrogen) atoms. The summed E-state index contributed by atoms with van der Waals surface area (Å²) in [5.74, 6) is -0.701. The number of anilines is 1. The first-order valence-electron chi connectivity index (χ1n) is 6.40. The van der Waals surface area contributed by atoms with Gasteiger partial charge in [-0.15, -0.1) is 0 Å². The van der Waals surface area contributed by atoms with Crippen LogP contribution in [-0.2, 0) is 4.79 Å². The standard InChI is InChI=1S/C10H11FN3O2.3CH3.Sn/c1-2-9(15)13-14-10(16)12-8-6-4-3-5-7(8)11;;;;/h3-4,6H,2H2,1H3,(H,13,15)(H2,12,14,16);3*1H3;. The van der Waals surface area contributed by atoms with Crippen molar-refractivity contribution in [2.45, 2.75) is 28.2 Å². The predicted molar refractivity (Wildman–Crippen MR) is 80.0 cm³/mol. The van der Waals surface area contributed by atoms with Gasteiger partial charge in [0.1, 0.15) is 0 Å². The molecule has 3 N–H and O–H groups in total. The van der Waals surface area contributed by atoms with Crippen LogP contribution in [0.15, 0.2) is 18.2 Å². The first kappa shape index (κ1) is 16.7. The van der Waals surface area contributed by atoms with Gasteiger partial charge in [-0.05, 0) is 0 Å². The van der Waals surface area contributed by atoms with Gasteiger partial charge in [0.25, 0.3) is 0 Å². The Kier molecular flexibility index (Phi) is 5.79. The SMILES string of the molecule is CCC(=O)NNC(=O)Nc1ccc[c]([Sn]([CH3])([CH3])[CH3])c1F. The van der Waals surface area contributed by atoms with E-state index in [0.29, 0.717) is 0 Å². The van der Waals surface area contributed by atoms with Gasteiger partial charge < -0.3 is 0 Å². The van der Waals surface area contributed by atoms with Crippen molar-refractivity contribution in [3.05, 3.63) is 24.0 Å². The van der Waals surface area contributed by atoms with E-state index >= 15 is 0 Å². The summed E-state index contributed by atoms with van der Waals surface area (Å²) in [5, 5.41) is 2.40. The van der Waals surface area contributed by atoms with Crippen molar-refractivity contribution in [2.75, 3.05) is 5.32 Å². The first-order chi connectivity index (χ1) is 9.25. The monoisotopic (exact) mass is 389 g/mol. The van der Waals surface area contributed by atoms with Crippen molar-refractivity contribution in [1.82, 2.24) is 10.9 Å². The molecule has 0 aliphatic carbocycles. The summed E-state index contributed by atoms with van der Waals surface area (Å²) in [4.78, 5) is 28.8. The van der Waals surface area contributed by atoms with Gasteiger partial charge in [0.05, 0.1) is 0 Å². The average Bonchev–Trinajstić information content (AvgIpc) is 2.37. The number of benzene rings is 1. The predicted octanol–water partition coefficient (Wildman–Crippen LogP) is 1.93. The molecule has 0 fully saturated rings. The Morgan fingerprint density at radius 1 is 1.20 bits per heavy atom. The number of hydrogen-bond donors (Lipinski definition) is 3. The molecule has 0 aliphatic rings. The molecular weight excluding hydrogens is 368 g/mol. The van der Waals surface area contributed by atoms with Gasteiger partial charge in [0, 0.05) is 0 Å². The molecule has 1 aromatic rings. The van der Waals surface area contributed by atoms with Gasteiger partial charge >= 0.3 is 122 Å². The summed E-state index contributed by atoms with van der Waals surface area (Å²) in [6.07, 6.45) is 0.253. The molecule has 0 radical (unpaired) electrons. The maximum atomic E-state index is 14.3. The van der Waals surface area contributed by atoms with Gasteiger partial charge in [-0.25, -0.2) is 0 Å². The third kappa shape index (κ3) is 4.66. The summed E-state index contributed by atoms with van der Waals surface area (Å²) >= 11 is -2.56. The van der Waals surface area contributed by atoms with Gasteiger partial charge in [-0.1, -0.05) is 0 Å². The number of nitrogens with one attached hydrogen (secondary N) is 3. The molecule has 5 nitrogen and oxygen atoms in total. The summed E-state index contributed by atoms with van der Waals surface area (Å²) in [5.41, 5.74) is 4.50. The zero-order chi connectivity index (χ0) is 15.3. The van der Waals surface area contributed by atoms with E-state index in [-0.39, 0.29) is 23.8 Å². The van der Waals surface area contributed by atoms with Crippen molar-refractivity contribution < 1.29 is 14.0 Å². The molecule has 0 aliphatic heterocycles. The molecule has 110 valence electrons. The van der Waals surface area contributed by atoms with Crippen LogP contribution in [-0.4, -0.2) is 30.3 Å². The molecule has 0 spiro atoms. The van der Waals surface area contributed by atoms with Gasteiger partial charge in [0.15, 0.2) is 0 Å². The van der Waals surface area contributed by atoms with Crippen LogP contribution in [0.25, 0.3) is 0 Å². The quantitative estimate of drug-likeness (QED) is 0.547. The molecule has 3 amide bonds. The minimum atomic E-state index is -2.56. The fourth-order valence-corrected chi connectivity index (χ4v) is 5.54. The van der Waals surface area contributed by atoms with Crippen LogP contribution >= 0.6 is 0 Å². The van der Waals surface area contributed by atoms with E-state index in [4.69, 9.17) is 0 Å². The molecule has 0 unspecified atom stereocenters. The molecule has 1 aromatic carbocycles. The summed E-state index contributed by atoms with van der Waals surface area (Å²) < 4.78 is 15.0. The van der Waals surface area contributed by atoms with E-state index in [1.54, 1.807) is 19.1 Å². The molecule has 0 aromatic heterocycles. The van der Waals surface area contributed by atoms with E-state index in [1.165, 1.54) is 6.07 Å². The van der Waals surface area contributed by atoms with Crippen LogP contribution in [0.1, 0.15) is 13.3 Å². The zero-order valence-corrected chi connectivity index (χ0v) is 15.0. The Labute approximate surface area is 122 Å². The van der Waals surface area contributed by atoms with Crippen molar-refractivity contribution in [3.63, 3.8) is 0 Å². The van der Waals surface area contributed by atoms with E-state index in [2.05, 4.69) is 31.0 Å². The van der Waals surface area contributed by atoms with Crippen LogP contribution in [0, 0.1) is 5.82 Å². The number of carbonyl (C=O) groups excluding carboxylic acids is 2. The zero-order valence-electron chi connectivity index (χ0n) is 12.1. The molecule has 0 heterocycles. The Bertz CT molecular complexity index is 515. The third-order valence-electron chi connectivity index (χ3n) is 2.69. The van der Waals surface area contributed by atoms with Crippen LogP contribution < -0.4 is 19.7 Å². The average molecular weight is 388 g/mol. The molecule has 0 saturated carbocycles. The topological polar surface area (TPSA) is 70.2 Å². The van der Waals surface area contributed by atoms with E-state index in [9.17, 15) is 14.0 Å². The van der Waals surface area contributed by atoms with E-state index in [0.717, 1.165) is 3.58 Å². The fourth-order valence-electron chi connectivity index (χ4n) is 1.58. The van der Waals surface area contributed by atoms with Crippen molar-refractivity contribution in [2.24, 2.45) is 0 Å². The number of carbonyl (C=O) groups is 2. The van der Waals surface area contributed by atoms with Crippen LogP contribution in [0.2, 0.25) is 14.8 Å². The first-order valence-corrected chi connectivity index (χ1v) is 16.4. The number of halogens is 1. The van der Waals surface area contributed by atoms with E-state index < -0.39 is 24.4 Å². The second-order valence-electron chi connectivity index (χ2n) is 5.40. The van der Waals surface area contributed by atoms with Gasteiger partial charge in [0.2, 0.25) is 0 Å². The third-order valence-corrected chi connectivity index (χ3v) is 8.41. The summed E-state index contributed by atoms with van der Waals surface area (Å²) in [6, 6.07) is 4.32. The van der Waals surface area contributed by atoms with E-state index in [1.807, 2.05) is 0 Å². The van der Waals surface area contributed by atoms with Gasteiger partial charge in [-0.2, -0.15) is 0 Å². The minimum absolute atomic E-state index is 0.123. The molecule has 7 heteroatoms. The fraction of sp³-hybridized carbons (Fsp3) is 0.385. The summed E-state index contributed by atoms with van der Waals surface area (Å²) in [6.45, 7) is 1.66. The maximum absolute atomic E-state index is 14.3. The molecule has 0 bridgehead atoms. The number of amides is 3. The number of rotatable bonds is 3. The van der Waals surface area contributed by atoms with Crippen LogP contribution in [0.5, 0.6) is 0 Å². The molecule has 0 atom stereocenters. The van der Waals surface area contributed by atoms with Crippen molar-refractivity contribution in [1.29, 1.82) is 0 Å². The Morgan fingerprint density at radius 3 is 2.40 bits per heavy atom. The van der Waals surface area contributed by atoms with Crippen LogP contribution in [0.4, 0.5) is 14.9 Å². The second kappa shape index (κ2) is 6.92. The molecule has 1 rings (SSSR count). The molecular formula is C13H20FN3O2Sn. The Balaban J connectivity index is 2.78. The van der Waals surface area contributed by atoms with Crippen LogP contribution in [0.3, 0.4) is 0 Å². The van der Waals surface area contributed by atoms with Crippen molar-refractivity contribution >= 4 is 39.6 Å². The number of hydrazine groups is 1. The van der Waals surface area contributed by atoms with Crippen molar-refractivity contribution in [3.8, 4) is 0 Å². The number of urea groups is 1. The van der Waals surface area contributed by atoms with Gasteiger partial charge in [-0.3, -0.25) is 0 Å². The number of hydrogen-bond acceptors (Lipinski definition) is 2. The summed E-state index contributed by atoms with van der Waals surface area (Å²) in [7, 11) is 0. The molecule has 0 saturated heterocycles. The Hall–Kier alpha value is -1.31. The second-order valence-corrected chi connectivity index (χ2v) is 19.8. The Morgan fingerprint density at radius 2 is 1.85 bits per heavy atom. The normalized spacial score (nSPS) is 10.8.